The molecule has 1 atom stereocenters. The van der Waals surface area contributed by atoms with Gasteiger partial charge in [0.15, 0.2) is 6.10 Å². The molecule has 100 valence electrons. The molecular weight excluding hydrogens is 240 g/mol. The van der Waals surface area contributed by atoms with Gasteiger partial charge in [0.1, 0.15) is 0 Å². The van der Waals surface area contributed by atoms with Crippen molar-refractivity contribution in [1.82, 2.24) is 0 Å². The summed E-state index contributed by atoms with van der Waals surface area (Å²) in [5, 5.41) is 9.40. The normalized spacial score (nSPS) is 13.4. The minimum Gasteiger partial charge on any atom is -0.469 e. The Kier molecular flexibility index (Phi) is 6.40. The van der Waals surface area contributed by atoms with Gasteiger partial charge in [-0.3, -0.25) is 4.79 Å². The van der Waals surface area contributed by atoms with Crippen LogP contribution in [0.2, 0.25) is 19.6 Å². The van der Waals surface area contributed by atoms with Crippen molar-refractivity contribution in [1.29, 1.82) is 0 Å². The molecule has 5 nitrogen and oxygen atoms in total. The van der Waals surface area contributed by atoms with Crippen molar-refractivity contribution in [3.8, 4) is 0 Å². The Bertz CT molecular complexity index is 270. The summed E-state index contributed by atoms with van der Waals surface area (Å²) in [6.07, 6.45) is -1.71. The van der Waals surface area contributed by atoms with E-state index in [2.05, 4.69) is 19.6 Å². The minimum absolute atomic E-state index is 0.310. The SMILES string of the molecule is CC(C)OC(=O)C(O)CC(=O)OC[Si](C)(C)C. The summed E-state index contributed by atoms with van der Waals surface area (Å²) in [6.45, 7) is 9.53. The molecule has 0 saturated carbocycles. The van der Waals surface area contributed by atoms with E-state index in [-0.39, 0.29) is 12.5 Å². The van der Waals surface area contributed by atoms with Crippen molar-refractivity contribution in [2.45, 2.75) is 52.1 Å². The number of aliphatic hydroxyl groups excluding tert-OH is 1. The van der Waals surface area contributed by atoms with Crippen LogP contribution in [0.3, 0.4) is 0 Å². The molecule has 1 unspecified atom stereocenters. The molecule has 0 aromatic rings. The van der Waals surface area contributed by atoms with Crippen LogP contribution in [0.1, 0.15) is 20.3 Å². The Balaban J connectivity index is 4.00. The van der Waals surface area contributed by atoms with Gasteiger partial charge in [0, 0.05) is 0 Å². The van der Waals surface area contributed by atoms with Gasteiger partial charge >= 0.3 is 11.9 Å². The Morgan fingerprint density at radius 1 is 1.24 bits per heavy atom. The molecule has 0 spiro atoms. The van der Waals surface area contributed by atoms with Crippen LogP contribution in [0.4, 0.5) is 0 Å². The van der Waals surface area contributed by atoms with Crippen molar-refractivity contribution in [2.75, 3.05) is 6.23 Å². The molecule has 0 fully saturated rings. The summed E-state index contributed by atoms with van der Waals surface area (Å²) >= 11 is 0. The molecule has 0 aromatic carbocycles. The number of rotatable bonds is 6. The van der Waals surface area contributed by atoms with Crippen molar-refractivity contribution in [3.05, 3.63) is 0 Å². The van der Waals surface area contributed by atoms with Crippen molar-refractivity contribution < 1.29 is 24.2 Å². The van der Waals surface area contributed by atoms with E-state index < -0.39 is 26.1 Å². The first-order chi connectivity index (χ1) is 7.61. The molecule has 0 saturated heterocycles. The minimum atomic E-state index is -1.47. The van der Waals surface area contributed by atoms with Crippen molar-refractivity contribution in [2.24, 2.45) is 0 Å². The van der Waals surface area contributed by atoms with Crippen LogP contribution in [-0.4, -0.2) is 43.6 Å². The van der Waals surface area contributed by atoms with E-state index in [1.165, 1.54) is 0 Å². The lowest BCUT2D eigenvalue weighted by Gasteiger charge is -2.17. The van der Waals surface area contributed by atoms with Crippen molar-refractivity contribution in [3.63, 3.8) is 0 Å². The van der Waals surface area contributed by atoms with Gasteiger partial charge in [-0.1, -0.05) is 19.6 Å². The Labute approximate surface area is 103 Å². The monoisotopic (exact) mass is 262 g/mol. The zero-order valence-electron chi connectivity index (χ0n) is 11.1. The standard InChI is InChI=1S/C11H22O5Si/c1-8(2)16-11(14)9(12)6-10(13)15-7-17(3,4)5/h8-9,12H,6-7H2,1-5H3. The van der Waals surface area contributed by atoms with Crippen LogP contribution in [-0.2, 0) is 19.1 Å². The first-order valence-corrected chi connectivity index (χ1v) is 9.36. The number of ether oxygens (including phenoxy) is 2. The largest absolute Gasteiger partial charge is 0.469 e. The number of carbonyl (C=O) groups excluding carboxylic acids is 2. The number of aliphatic hydroxyl groups is 1. The second kappa shape index (κ2) is 6.76. The Morgan fingerprint density at radius 2 is 1.76 bits per heavy atom. The van der Waals surface area contributed by atoms with Gasteiger partial charge in [0.2, 0.25) is 0 Å². The Morgan fingerprint density at radius 3 is 2.18 bits per heavy atom. The molecule has 0 radical (unpaired) electrons. The zero-order chi connectivity index (χ0) is 13.6. The van der Waals surface area contributed by atoms with Crippen LogP contribution in [0.15, 0.2) is 0 Å². The number of esters is 2. The molecule has 0 aromatic heterocycles. The highest BCUT2D eigenvalue weighted by molar-refractivity contribution is 6.76. The molecule has 17 heavy (non-hydrogen) atoms. The lowest BCUT2D eigenvalue weighted by atomic mass is 10.2. The van der Waals surface area contributed by atoms with Crippen LogP contribution >= 0.6 is 0 Å². The van der Waals surface area contributed by atoms with Gasteiger partial charge < -0.3 is 14.6 Å². The van der Waals surface area contributed by atoms with Crippen molar-refractivity contribution >= 4 is 20.0 Å². The third-order valence-corrected chi connectivity index (χ3v) is 2.66. The maximum atomic E-state index is 11.3. The Hall–Kier alpha value is -0.883. The second-order valence-corrected chi connectivity index (χ2v) is 10.8. The third-order valence-electron chi connectivity index (χ3n) is 1.65. The van der Waals surface area contributed by atoms with Gasteiger partial charge in [-0.15, -0.1) is 0 Å². The summed E-state index contributed by atoms with van der Waals surface area (Å²) in [4.78, 5) is 22.5. The van der Waals surface area contributed by atoms with Gasteiger partial charge in [-0.05, 0) is 13.8 Å². The summed E-state index contributed by atoms with van der Waals surface area (Å²) in [6, 6.07) is 0. The van der Waals surface area contributed by atoms with E-state index in [0.29, 0.717) is 6.23 Å². The van der Waals surface area contributed by atoms with E-state index in [1.54, 1.807) is 13.8 Å². The maximum absolute atomic E-state index is 11.3. The van der Waals surface area contributed by atoms with Gasteiger partial charge in [0.05, 0.1) is 26.8 Å². The highest BCUT2D eigenvalue weighted by atomic mass is 28.3. The second-order valence-electron chi connectivity index (χ2n) is 5.43. The van der Waals surface area contributed by atoms with Gasteiger partial charge in [0.25, 0.3) is 0 Å². The van der Waals surface area contributed by atoms with E-state index >= 15 is 0 Å². The number of carbonyl (C=O) groups is 2. The van der Waals surface area contributed by atoms with E-state index in [1.807, 2.05) is 0 Å². The average Bonchev–Trinajstić information content (AvgIpc) is 2.12. The third kappa shape index (κ3) is 8.88. The smallest absolute Gasteiger partial charge is 0.335 e. The predicted molar refractivity (Wildman–Crippen MR) is 66.2 cm³/mol. The summed E-state index contributed by atoms with van der Waals surface area (Å²) in [5.41, 5.74) is 0. The highest BCUT2D eigenvalue weighted by Gasteiger charge is 2.23. The van der Waals surface area contributed by atoms with Crippen LogP contribution < -0.4 is 0 Å². The fourth-order valence-electron chi connectivity index (χ4n) is 0.908. The average molecular weight is 262 g/mol. The first kappa shape index (κ1) is 16.1. The summed E-state index contributed by atoms with van der Waals surface area (Å²) in [5.74, 6) is -1.36. The fourth-order valence-corrected chi connectivity index (χ4v) is 1.50. The number of hydrogen-bond donors (Lipinski definition) is 1. The number of hydrogen-bond acceptors (Lipinski definition) is 5. The molecule has 0 aliphatic heterocycles. The lowest BCUT2D eigenvalue weighted by molar-refractivity contribution is -0.162. The fraction of sp³-hybridized carbons (Fsp3) is 0.818. The van der Waals surface area contributed by atoms with Crippen LogP contribution in [0, 0.1) is 0 Å². The summed E-state index contributed by atoms with van der Waals surface area (Å²) < 4.78 is 9.76. The predicted octanol–water partition coefficient (Wildman–Crippen LogP) is 1.11. The molecule has 0 aliphatic rings. The van der Waals surface area contributed by atoms with Gasteiger partial charge in [-0.2, -0.15) is 0 Å². The summed E-state index contributed by atoms with van der Waals surface area (Å²) in [7, 11) is -1.47. The van der Waals surface area contributed by atoms with Crippen LogP contribution in [0.5, 0.6) is 0 Å². The molecule has 1 N–H and O–H groups in total. The molecule has 0 amide bonds. The van der Waals surface area contributed by atoms with Gasteiger partial charge in [-0.25, -0.2) is 4.79 Å². The highest BCUT2D eigenvalue weighted by Crippen LogP contribution is 2.04. The molecule has 0 rings (SSSR count). The molecule has 0 heterocycles. The molecule has 6 heteroatoms. The van der Waals surface area contributed by atoms with E-state index in [4.69, 9.17) is 9.47 Å². The van der Waals surface area contributed by atoms with E-state index in [9.17, 15) is 14.7 Å². The molecular formula is C11H22O5Si. The van der Waals surface area contributed by atoms with E-state index in [0.717, 1.165) is 0 Å². The topological polar surface area (TPSA) is 72.8 Å². The lowest BCUT2D eigenvalue weighted by Crippen LogP contribution is -2.33. The molecule has 0 aliphatic carbocycles. The zero-order valence-corrected chi connectivity index (χ0v) is 12.1. The van der Waals surface area contributed by atoms with Crippen LogP contribution in [0.25, 0.3) is 0 Å². The quantitative estimate of drug-likeness (QED) is 0.573. The molecule has 0 bridgehead atoms. The maximum Gasteiger partial charge on any atom is 0.335 e. The first-order valence-electron chi connectivity index (χ1n) is 5.66.